The molecule has 122 valence electrons. The minimum absolute atomic E-state index is 0.0529. The van der Waals surface area contributed by atoms with E-state index >= 15 is 0 Å². The van der Waals surface area contributed by atoms with Gasteiger partial charge in [0.05, 0.1) is 6.04 Å². The smallest absolute Gasteiger partial charge is 0.290 e. The first-order valence-corrected chi connectivity index (χ1v) is 8.01. The number of furan rings is 1. The van der Waals surface area contributed by atoms with Crippen LogP contribution in [0.2, 0.25) is 0 Å². The zero-order valence-electron chi connectivity index (χ0n) is 13.4. The van der Waals surface area contributed by atoms with Crippen LogP contribution in [0.1, 0.15) is 27.9 Å². The monoisotopic (exact) mass is 322 g/mol. The Labute approximate surface area is 139 Å². The molecule has 1 fully saturated rings. The van der Waals surface area contributed by atoms with Gasteiger partial charge in [-0.05, 0) is 30.7 Å². The van der Waals surface area contributed by atoms with Crippen molar-refractivity contribution < 1.29 is 9.21 Å². The van der Waals surface area contributed by atoms with Crippen LogP contribution in [0, 0.1) is 6.92 Å². The molecule has 1 aliphatic heterocycles. The predicted octanol–water partition coefficient (Wildman–Crippen LogP) is 2.32. The predicted molar refractivity (Wildman–Crippen MR) is 89.6 cm³/mol. The fourth-order valence-electron chi connectivity index (χ4n) is 3.09. The molecule has 1 atom stereocenters. The zero-order chi connectivity index (χ0) is 16.5. The van der Waals surface area contributed by atoms with Crippen molar-refractivity contribution in [2.75, 3.05) is 19.6 Å². The first kappa shape index (κ1) is 14.8. The highest BCUT2D eigenvalue weighted by molar-refractivity contribution is 5.95. The lowest BCUT2D eigenvalue weighted by atomic mass is 10.0. The van der Waals surface area contributed by atoms with Gasteiger partial charge in [0.1, 0.15) is 5.52 Å². The van der Waals surface area contributed by atoms with Gasteiger partial charge < -0.3 is 14.6 Å². The van der Waals surface area contributed by atoms with Crippen LogP contribution in [0.25, 0.3) is 11.1 Å². The summed E-state index contributed by atoms with van der Waals surface area (Å²) >= 11 is 0. The van der Waals surface area contributed by atoms with E-state index in [4.69, 9.17) is 4.42 Å². The number of amides is 1. The Morgan fingerprint density at radius 3 is 3.12 bits per heavy atom. The molecule has 0 saturated carbocycles. The lowest BCUT2D eigenvalue weighted by Crippen LogP contribution is -2.48. The Bertz CT molecular complexity index is 875. The number of hydrogen-bond donors (Lipinski definition) is 1. The molecule has 1 amide bonds. The number of piperazine rings is 1. The van der Waals surface area contributed by atoms with Gasteiger partial charge in [0, 0.05) is 43.8 Å². The first-order chi connectivity index (χ1) is 11.7. The SMILES string of the molecule is Cc1ccc2oc(C(=O)N3CCNCC3c3cccnc3)cc2n1. The lowest BCUT2D eigenvalue weighted by molar-refractivity contribution is 0.0604. The summed E-state index contributed by atoms with van der Waals surface area (Å²) in [6, 6.07) is 9.29. The van der Waals surface area contributed by atoms with Gasteiger partial charge in [-0.2, -0.15) is 0 Å². The van der Waals surface area contributed by atoms with Gasteiger partial charge in [-0.25, -0.2) is 4.98 Å². The molecular formula is C18H18N4O2. The Morgan fingerprint density at radius 1 is 1.38 bits per heavy atom. The summed E-state index contributed by atoms with van der Waals surface area (Å²) in [5.41, 5.74) is 3.27. The highest BCUT2D eigenvalue weighted by Crippen LogP contribution is 2.26. The summed E-state index contributed by atoms with van der Waals surface area (Å²) in [5, 5.41) is 3.34. The van der Waals surface area contributed by atoms with E-state index in [9.17, 15) is 4.79 Å². The van der Waals surface area contributed by atoms with Crippen LogP contribution < -0.4 is 5.32 Å². The number of carbonyl (C=O) groups excluding carboxylic acids is 1. The average Bonchev–Trinajstić information content (AvgIpc) is 3.05. The summed E-state index contributed by atoms with van der Waals surface area (Å²) in [6.45, 7) is 4.01. The maximum Gasteiger partial charge on any atom is 0.290 e. The fourth-order valence-corrected chi connectivity index (χ4v) is 3.09. The van der Waals surface area contributed by atoms with Gasteiger partial charge in [0.25, 0.3) is 5.91 Å². The van der Waals surface area contributed by atoms with Gasteiger partial charge in [0.15, 0.2) is 11.3 Å². The molecule has 0 bridgehead atoms. The number of nitrogens with zero attached hydrogens (tertiary/aromatic N) is 3. The van der Waals surface area contributed by atoms with Crippen LogP contribution in [0.3, 0.4) is 0 Å². The normalized spacial score (nSPS) is 18.0. The van der Waals surface area contributed by atoms with Crippen LogP contribution in [-0.4, -0.2) is 40.4 Å². The molecule has 1 unspecified atom stereocenters. The number of aromatic nitrogens is 2. The second-order valence-electron chi connectivity index (χ2n) is 5.95. The quantitative estimate of drug-likeness (QED) is 0.784. The van der Waals surface area contributed by atoms with Crippen molar-refractivity contribution in [2.24, 2.45) is 0 Å². The average molecular weight is 322 g/mol. The van der Waals surface area contributed by atoms with Gasteiger partial charge in [-0.3, -0.25) is 9.78 Å². The number of carbonyl (C=O) groups is 1. The number of fused-ring (bicyclic) bond motifs is 1. The number of pyridine rings is 2. The van der Waals surface area contributed by atoms with Crippen molar-refractivity contribution in [1.82, 2.24) is 20.2 Å². The van der Waals surface area contributed by atoms with Crippen molar-refractivity contribution >= 4 is 17.0 Å². The maximum atomic E-state index is 13.0. The van der Waals surface area contributed by atoms with E-state index < -0.39 is 0 Å². The molecule has 4 heterocycles. The summed E-state index contributed by atoms with van der Waals surface area (Å²) in [6.07, 6.45) is 3.54. The van der Waals surface area contributed by atoms with Crippen molar-refractivity contribution in [1.29, 1.82) is 0 Å². The van der Waals surface area contributed by atoms with Gasteiger partial charge in [-0.15, -0.1) is 0 Å². The van der Waals surface area contributed by atoms with Crippen LogP contribution >= 0.6 is 0 Å². The largest absolute Gasteiger partial charge is 0.449 e. The molecule has 4 rings (SSSR count). The second-order valence-corrected chi connectivity index (χ2v) is 5.95. The molecule has 0 aliphatic carbocycles. The number of aryl methyl sites for hydroxylation is 1. The van der Waals surface area contributed by atoms with Crippen LogP contribution in [0.15, 0.2) is 47.1 Å². The third-order valence-electron chi connectivity index (χ3n) is 4.30. The standard InChI is InChI=1S/C18H18N4O2/c1-12-4-5-16-14(21-12)9-17(24-16)18(23)22-8-7-20-11-15(22)13-3-2-6-19-10-13/h2-6,9-10,15,20H,7-8,11H2,1H3. The van der Waals surface area contributed by atoms with Crippen molar-refractivity contribution in [3.05, 3.63) is 59.7 Å². The summed E-state index contributed by atoms with van der Waals surface area (Å²) < 4.78 is 5.73. The number of nitrogens with one attached hydrogen (secondary N) is 1. The van der Waals surface area contributed by atoms with Gasteiger partial charge in [-0.1, -0.05) is 6.07 Å². The highest BCUT2D eigenvalue weighted by Gasteiger charge is 2.30. The van der Waals surface area contributed by atoms with Crippen molar-refractivity contribution in [2.45, 2.75) is 13.0 Å². The summed E-state index contributed by atoms with van der Waals surface area (Å²) in [7, 11) is 0. The van der Waals surface area contributed by atoms with Gasteiger partial charge in [0.2, 0.25) is 0 Å². The minimum Gasteiger partial charge on any atom is -0.449 e. The molecule has 0 aromatic carbocycles. The van der Waals surface area contributed by atoms with Crippen molar-refractivity contribution in [3.8, 4) is 0 Å². The number of rotatable bonds is 2. The highest BCUT2D eigenvalue weighted by atomic mass is 16.3. The Kier molecular flexibility index (Phi) is 3.74. The molecule has 1 N–H and O–H groups in total. The van der Waals surface area contributed by atoms with Crippen LogP contribution in [-0.2, 0) is 0 Å². The molecule has 24 heavy (non-hydrogen) atoms. The molecular weight excluding hydrogens is 304 g/mol. The van der Waals surface area contributed by atoms with Crippen LogP contribution in [0.4, 0.5) is 0 Å². The zero-order valence-corrected chi connectivity index (χ0v) is 13.4. The summed E-state index contributed by atoms with van der Waals surface area (Å²) in [4.78, 5) is 23.4. The van der Waals surface area contributed by atoms with E-state index in [0.29, 0.717) is 29.9 Å². The molecule has 0 spiro atoms. The third-order valence-corrected chi connectivity index (χ3v) is 4.30. The van der Waals surface area contributed by atoms with E-state index in [0.717, 1.165) is 17.8 Å². The van der Waals surface area contributed by atoms with Crippen molar-refractivity contribution in [3.63, 3.8) is 0 Å². The Hall–Kier alpha value is -2.73. The van der Waals surface area contributed by atoms with Gasteiger partial charge >= 0.3 is 0 Å². The minimum atomic E-state index is -0.110. The van der Waals surface area contributed by atoms with E-state index in [1.807, 2.05) is 42.3 Å². The fraction of sp³-hybridized carbons (Fsp3) is 0.278. The molecule has 6 heteroatoms. The Morgan fingerprint density at radius 2 is 2.29 bits per heavy atom. The molecule has 1 saturated heterocycles. The summed E-state index contributed by atoms with van der Waals surface area (Å²) in [5.74, 6) is 0.222. The first-order valence-electron chi connectivity index (χ1n) is 8.01. The van der Waals surface area contributed by atoms with E-state index in [-0.39, 0.29) is 11.9 Å². The topological polar surface area (TPSA) is 71.3 Å². The Balaban J connectivity index is 1.67. The van der Waals surface area contributed by atoms with E-state index in [1.54, 1.807) is 12.3 Å². The van der Waals surface area contributed by atoms with E-state index in [1.165, 1.54) is 0 Å². The molecule has 6 nitrogen and oxygen atoms in total. The molecule has 3 aromatic rings. The molecule has 3 aromatic heterocycles. The molecule has 0 radical (unpaired) electrons. The number of hydrogen-bond acceptors (Lipinski definition) is 5. The molecule has 1 aliphatic rings. The third kappa shape index (κ3) is 2.65. The maximum absolute atomic E-state index is 13.0. The lowest BCUT2D eigenvalue weighted by Gasteiger charge is -2.35. The van der Waals surface area contributed by atoms with E-state index in [2.05, 4.69) is 15.3 Å². The van der Waals surface area contributed by atoms with Crippen LogP contribution in [0.5, 0.6) is 0 Å². The second kappa shape index (κ2) is 6.05.